The van der Waals surface area contributed by atoms with Gasteiger partial charge in [-0.2, -0.15) is 0 Å². The van der Waals surface area contributed by atoms with Gasteiger partial charge in [-0.1, -0.05) is 30.3 Å². The van der Waals surface area contributed by atoms with E-state index in [1.54, 1.807) is 7.05 Å². The molecule has 0 heterocycles. The fraction of sp³-hybridized carbons (Fsp3) is 0.579. The highest BCUT2D eigenvalue weighted by molar-refractivity contribution is 14.0. The van der Waals surface area contributed by atoms with Gasteiger partial charge in [0, 0.05) is 39.2 Å². The minimum absolute atomic E-state index is 0. The molecule has 0 saturated heterocycles. The molecule has 1 amide bonds. The first-order chi connectivity index (χ1) is 12.2. The molecule has 0 radical (unpaired) electrons. The Morgan fingerprint density at radius 2 is 1.81 bits per heavy atom. The number of benzene rings is 1. The Balaban J connectivity index is 0.00000338. The number of hydrogen-bond donors (Lipinski definition) is 3. The van der Waals surface area contributed by atoms with Gasteiger partial charge in [0.2, 0.25) is 5.91 Å². The van der Waals surface area contributed by atoms with Crippen LogP contribution in [0.3, 0.4) is 0 Å². The molecule has 146 valence electrons. The zero-order valence-electron chi connectivity index (χ0n) is 15.7. The van der Waals surface area contributed by atoms with E-state index in [0.29, 0.717) is 19.7 Å². The third kappa shape index (κ3) is 8.84. The van der Waals surface area contributed by atoms with Crippen LogP contribution in [0.1, 0.15) is 37.9 Å². The van der Waals surface area contributed by atoms with E-state index in [0.717, 1.165) is 31.8 Å². The molecule has 1 saturated carbocycles. The molecule has 0 spiro atoms. The molecule has 0 aliphatic heterocycles. The van der Waals surface area contributed by atoms with E-state index in [-0.39, 0.29) is 41.9 Å². The maximum absolute atomic E-state index is 11.5. The predicted molar refractivity (Wildman–Crippen MR) is 116 cm³/mol. The molecule has 1 aromatic carbocycles. The molecule has 26 heavy (non-hydrogen) atoms. The standard InChI is InChI=1S/C19H30N4O2.HI/c1-15(16-7-4-3-5-8-16)25-14-6-11-22-19(20-2)23-13-12-21-18(24)17-9-10-17;/h3-5,7-8,15,17H,6,9-14H2,1-2H3,(H,21,24)(H2,20,22,23);1H. The van der Waals surface area contributed by atoms with Crippen molar-refractivity contribution in [1.82, 2.24) is 16.0 Å². The minimum Gasteiger partial charge on any atom is -0.374 e. The van der Waals surface area contributed by atoms with Crippen molar-refractivity contribution >= 4 is 35.8 Å². The molecule has 7 heteroatoms. The summed E-state index contributed by atoms with van der Waals surface area (Å²) in [4.78, 5) is 15.7. The first kappa shape index (κ1) is 22.7. The van der Waals surface area contributed by atoms with E-state index in [9.17, 15) is 4.79 Å². The number of aliphatic imine (C=N–C) groups is 1. The molecule has 1 fully saturated rings. The van der Waals surface area contributed by atoms with Crippen LogP contribution in [0, 0.1) is 5.92 Å². The van der Waals surface area contributed by atoms with Gasteiger partial charge in [0.25, 0.3) is 0 Å². The van der Waals surface area contributed by atoms with Crippen molar-refractivity contribution in [1.29, 1.82) is 0 Å². The van der Waals surface area contributed by atoms with Crippen molar-refractivity contribution in [3.8, 4) is 0 Å². The fourth-order valence-corrected chi connectivity index (χ4v) is 2.44. The van der Waals surface area contributed by atoms with Gasteiger partial charge in [-0.3, -0.25) is 9.79 Å². The highest BCUT2D eigenvalue weighted by Gasteiger charge is 2.28. The lowest BCUT2D eigenvalue weighted by Crippen LogP contribution is -2.42. The second kappa shape index (κ2) is 12.9. The summed E-state index contributed by atoms with van der Waals surface area (Å²) >= 11 is 0. The van der Waals surface area contributed by atoms with Crippen molar-refractivity contribution in [2.24, 2.45) is 10.9 Å². The van der Waals surface area contributed by atoms with Crippen LogP contribution in [-0.4, -0.2) is 45.2 Å². The molecular weight excluding hydrogens is 443 g/mol. The predicted octanol–water partition coefficient (Wildman–Crippen LogP) is 2.46. The topological polar surface area (TPSA) is 74.8 Å². The van der Waals surface area contributed by atoms with Gasteiger partial charge < -0.3 is 20.7 Å². The van der Waals surface area contributed by atoms with Crippen LogP contribution >= 0.6 is 24.0 Å². The lowest BCUT2D eigenvalue weighted by Gasteiger charge is -2.15. The van der Waals surface area contributed by atoms with Crippen molar-refractivity contribution in [3.05, 3.63) is 35.9 Å². The van der Waals surface area contributed by atoms with Crippen molar-refractivity contribution in [2.45, 2.75) is 32.3 Å². The average molecular weight is 474 g/mol. The first-order valence-electron chi connectivity index (χ1n) is 9.09. The number of carbonyl (C=O) groups is 1. The molecule has 1 unspecified atom stereocenters. The van der Waals surface area contributed by atoms with Crippen molar-refractivity contribution in [3.63, 3.8) is 0 Å². The van der Waals surface area contributed by atoms with Crippen LogP contribution in [-0.2, 0) is 9.53 Å². The van der Waals surface area contributed by atoms with Gasteiger partial charge in [-0.05, 0) is 31.7 Å². The number of rotatable bonds is 10. The Labute approximate surface area is 173 Å². The molecule has 1 aliphatic carbocycles. The minimum atomic E-state index is 0. The molecule has 0 bridgehead atoms. The number of guanidine groups is 1. The Hall–Kier alpha value is -1.35. The molecular formula is C19H31IN4O2. The van der Waals surface area contributed by atoms with Crippen molar-refractivity contribution in [2.75, 3.05) is 33.3 Å². The third-order valence-corrected chi connectivity index (χ3v) is 4.14. The van der Waals surface area contributed by atoms with E-state index in [1.165, 1.54) is 5.56 Å². The van der Waals surface area contributed by atoms with E-state index in [4.69, 9.17) is 4.74 Å². The summed E-state index contributed by atoms with van der Waals surface area (Å²) in [7, 11) is 1.74. The summed E-state index contributed by atoms with van der Waals surface area (Å²) in [6, 6.07) is 10.2. The zero-order valence-corrected chi connectivity index (χ0v) is 18.0. The smallest absolute Gasteiger partial charge is 0.223 e. The second-order valence-corrected chi connectivity index (χ2v) is 6.27. The van der Waals surface area contributed by atoms with Crippen LogP contribution in [0.5, 0.6) is 0 Å². The number of amides is 1. The highest BCUT2D eigenvalue weighted by Crippen LogP contribution is 2.28. The Morgan fingerprint density at radius 3 is 2.46 bits per heavy atom. The summed E-state index contributed by atoms with van der Waals surface area (Å²) in [6.07, 6.45) is 3.07. The lowest BCUT2D eigenvalue weighted by atomic mass is 10.1. The van der Waals surface area contributed by atoms with Gasteiger partial charge in [0.15, 0.2) is 5.96 Å². The van der Waals surface area contributed by atoms with Crippen LogP contribution in [0.4, 0.5) is 0 Å². The normalized spacial score (nSPS) is 14.9. The van der Waals surface area contributed by atoms with Gasteiger partial charge in [0.1, 0.15) is 0 Å². The number of hydrogen-bond acceptors (Lipinski definition) is 3. The van der Waals surface area contributed by atoms with Crippen LogP contribution in [0.15, 0.2) is 35.3 Å². The van der Waals surface area contributed by atoms with Gasteiger partial charge >= 0.3 is 0 Å². The first-order valence-corrected chi connectivity index (χ1v) is 9.09. The average Bonchev–Trinajstić information content (AvgIpc) is 3.48. The van der Waals surface area contributed by atoms with Crippen molar-refractivity contribution < 1.29 is 9.53 Å². The summed E-state index contributed by atoms with van der Waals surface area (Å²) in [5, 5.41) is 9.37. The van der Waals surface area contributed by atoms with E-state index < -0.39 is 0 Å². The molecule has 0 aromatic heterocycles. The highest BCUT2D eigenvalue weighted by atomic mass is 127. The molecule has 3 N–H and O–H groups in total. The second-order valence-electron chi connectivity index (χ2n) is 6.27. The van der Waals surface area contributed by atoms with Crippen LogP contribution < -0.4 is 16.0 Å². The maximum atomic E-state index is 11.5. The van der Waals surface area contributed by atoms with Gasteiger partial charge in [-0.15, -0.1) is 24.0 Å². The maximum Gasteiger partial charge on any atom is 0.223 e. The van der Waals surface area contributed by atoms with E-state index in [2.05, 4.69) is 40.0 Å². The quantitative estimate of drug-likeness (QED) is 0.211. The molecule has 1 atom stereocenters. The Morgan fingerprint density at radius 1 is 1.15 bits per heavy atom. The number of ether oxygens (including phenoxy) is 1. The molecule has 1 aromatic rings. The van der Waals surface area contributed by atoms with Crippen LogP contribution in [0.2, 0.25) is 0 Å². The largest absolute Gasteiger partial charge is 0.374 e. The van der Waals surface area contributed by atoms with E-state index >= 15 is 0 Å². The summed E-state index contributed by atoms with van der Waals surface area (Å²) in [6.45, 7) is 4.83. The monoisotopic (exact) mass is 474 g/mol. The number of carbonyl (C=O) groups excluding carboxylic acids is 1. The molecule has 2 rings (SSSR count). The summed E-state index contributed by atoms with van der Waals surface area (Å²) in [5.74, 6) is 1.18. The summed E-state index contributed by atoms with van der Waals surface area (Å²) < 4.78 is 5.85. The molecule has 1 aliphatic rings. The third-order valence-electron chi connectivity index (χ3n) is 4.14. The molecule has 6 nitrogen and oxygen atoms in total. The number of nitrogens with zero attached hydrogens (tertiary/aromatic N) is 1. The van der Waals surface area contributed by atoms with Gasteiger partial charge in [-0.25, -0.2) is 0 Å². The number of halogens is 1. The van der Waals surface area contributed by atoms with E-state index in [1.807, 2.05) is 18.2 Å². The Bertz CT molecular complexity index is 550. The van der Waals surface area contributed by atoms with Gasteiger partial charge in [0.05, 0.1) is 6.10 Å². The Kier molecular flexibility index (Phi) is 11.3. The summed E-state index contributed by atoms with van der Waals surface area (Å²) in [5.41, 5.74) is 1.20. The lowest BCUT2D eigenvalue weighted by molar-refractivity contribution is -0.122. The zero-order chi connectivity index (χ0) is 17.9. The fourth-order valence-electron chi connectivity index (χ4n) is 2.44. The van der Waals surface area contributed by atoms with Crippen LogP contribution in [0.25, 0.3) is 0 Å². The number of nitrogens with one attached hydrogen (secondary N) is 3. The SMILES string of the molecule is CN=C(NCCCOC(C)c1ccccc1)NCCNC(=O)C1CC1.I.